The van der Waals surface area contributed by atoms with Crippen LogP contribution in [0.3, 0.4) is 0 Å². The Labute approximate surface area is 260 Å². The van der Waals surface area contributed by atoms with Gasteiger partial charge in [0.15, 0.2) is 11.6 Å². The Kier molecular flexibility index (Phi) is 8.71. The largest absolute Gasteiger partial charge is 0.573 e. The van der Waals surface area contributed by atoms with Gasteiger partial charge >= 0.3 is 12.7 Å². The summed E-state index contributed by atoms with van der Waals surface area (Å²) in [6.45, 7) is 1.03. The van der Waals surface area contributed by atoms with Crippen molar-refractivity contribution in [2.75, 3.05) is 26.4 Å². The van der Waals surface area contributed by atoms with Gasteiger partial charge in [-0.3, -0.25) is 0 Å². The van der Waals surface area contributed by atoms with Crippen molar-refractivity contribution in [3.63, 3.8) is 0 Å². The topological polar surface area (TPSA) is 129 Å². The van der Waals surface area contributed by atoms with Crippen LogP contribution in [-0.2, 0) is 4.74 Å². The minimum Gasteiger partial charge on any atom is -0.490 e. The maximum Gasteiger partial charge on any atom is 0.573 e. The van der Waals surface area contributed by atoms with E-state index in [9.17, 15) is 26.3 Å². The molecule has 0 saturated heterocycles. The fraction of sp³-hybridized carbons (Fsp3) is 0.200. The van der Waals surface area contributed by atoms with Crippen LogP contribution in [0, 0.1) is 0 Å². The molecule has 0 unspecified atom stereocenters. The molecule has 11 nitrogen and oxygen atoms in total. The lowest BCUT2D eigenvalue weighted by molar-refractivity contribution is -0.275. The van der Waals surface area contributed by atoms with Crippen molar-refractivity contribution < 1.29 is 50.0 Å². The predicted octanol–water partition coefficient (Wildman–Crippen LogP) is 6.83. The summed E-state index contributed by atoms with van der Waals surface area (Å²) in [5, 5.41) is 0. The number of H-pyrrole nitrogens is 2. The van der Waals surface area contributed by atoms with Gasteiger partial charge in [-0.15, -0.1) is 26.3 Å². The molecule has 2 aromatic carbocycles. The Hall–Kier alpha value is -5.58. The van der Waals surface area contributed by atoms with Crippen molar-refractivity contribution in [1.29, 1.82) is 0 Å². The lowest BCUT2D eigenvalue weighted by Gasteiger charge is -2.09. The first kappa shape index (κ1) is 31.4. The number of fused-ring (bicyclic) bond motifs is 2. The van der Waals surface area contributed by atoms with Crippen LogP contribution < -0.4 is 18.9 Å². The number of hydrogen-bond acceptors (Lipinski definition) is 9. The average Bonchev–Trinajstić information content (AvgIpc) is 3.63. The van der Waals surface area contributed by atoms with Crippen LogP contribution >= 0.6 is 0 Å². The second-order valence-corrected chi connectivity index (χ2v) is 9.69. The van der Waals surface area contributed by atoms with E-state index in [2.05, 4.69) is 39.4 Å². The van der Waals surface area contributed by atoms with Gasteiger partial charge in [0.25, 0.3) is 0 Å². The number of halogens is 6. The van der Waals surface area contributed by atoms with E-state index in [4.69, 9.17) is 14.2 Å². The number of nitrogens with one attached hydrogen (secondary N) is 2. The molecule has 0 amide bonds. The van der Waals surface area contributed by atoms with Crippen molar-refractivity contribution in [2.24, 2.45) is 0 Å². The van der Waals surface area contributed by atoms with Crippen LogP contribution in [-0.4, -0.2) is 69.1 Å². The van der Waals surface area contributed by atoms with Crippen LogP contribution in [0.4, 0.5) is 26.3 Å². The Morgan fingerprint density at radius 2 is 0.957 bits per heavy atom. The smallest absolute Gasteiger partial charge is 0.490 e. The van der Waals surface area contributed by atoms with E-state index >= 15 is 0 Å². The predicted molar refractivity (Wildman–Crippen MR) is 154 cm³/mol. The summed E-state index contributed by atoms with van der Waals surface area (Å²) in [4.78, 5) is 23.1. The highest BCUT2D eigenvalue weighted by atomic mass is 19.4. The number of imidazole rings is 2. The first-order valence-corrected chi connectivity index (χ1v) is 13.7. The van der Waals surface area contributed by atoms with E-state index in [-0.39, 0.29) is 37.9 Å². The molecule has 0 radical (unpaired) electrons. The molecule has 0 aliphatic heterocycles. The number of pyridine rings is 2. The van der Waals surface area contributed by atoms with Gasteiger partial charge in [0.2, 0.25) is 0 Å². The number of aromatic amines is 2. The molecule has 4 aromatic heterocycles. The summed E-state index contributed by atoms with van der Waals surface area (Å²) in [6.07, 6.45) is -6.60. The number of hydrogen-bond donors (Lipinski definition) is 2. The highest BCUT2D eigenvalue weighted by molar-refractivity contribution is 5.81. The van der Waals surface area contributed by atoms with Crippen molar-refractivity contribution in [1.82, 2.24) is 29.9 Å². The zero-order valence-electron chi connectivity index (χ0n) is 23.9. The van der Waals surface area contributed by atoms with Gasteiger partial charge in [0, 0.05) is 12.1 Å². The zero-order chi connectivity index (χ0) is 33.0. The molecule has 47 heavy (non-hydrogen) atoms. The van der Waals surface area contributed by atoms with Crippen LogP contribution in [0.15, 0.2) is 73.1 Å². The second-order valence-electron chi connectivity index (χ2n) is 9.69. The maximum absolute atomic E-state index is 12.5. The summed E-state index contributed by atoms with van der Waals surface area (Å²) < 4.78 is 99.6. The molecule has 0 bridgehead atoms. The molecule has 0 spiro atoms. The summed E-state index contributed by atoms with van der Waals surface area (Å²) in [5.41, 5.74) is 2.57. The number of benzene rings is 2. The molecule has 6 rings (SSSR count). The molecule has 0 atom stereocenters. The number of nitrogens with zero attached hydrogens (tertiary/aromatic N) is 4. The van der Waals surface area contributed by atoms with Gasteiger partial charge in [-0.2, -0.15) is 0 Å². The highest BCUT2D eigenvalue weighted by Crippen LogP contribution is 2.29. The molecular weight excluding hydrogens is 638 g/mol. The van der Waals surface area contributed by atoms with E-state index in [1.165, 1.54) is 48.8 Å². The number of rotatable bonds is 12. The zero-order valence-corrected chi connectivity index (χ0v) is 23.9. The van der Waals surface area contributed by atoms with Crippen LogP contribution in [0.25, 0.3) is 45.1 Å². The molecule has 4 heterocycles. The average molecular weight is 661 g/mol. The standard InChI is InChI=1S/C30H22F6N6O5/c31-29(32,33)46-17-1-5-21-25(13-17)41-27(39-21)23-7-3-19(15-37-23)44-11-9-43-10-12-45-20-4-8-24(38-16-20)28-40-22-6-2-18(14-26(22)42-28)47-30(34,35)36/h1-8,13-16H,9-12H2,(H,39,41)(H,40,42). The third-order valence-corrected chi connectivity index (χ3v) is 6.32. The molecule has 0 aliphatic rings. The molecule has 244 valence electrons. The molecule has 6 aromatic rings. The van der Waals surface area contributed by atoms with E-state index < -0.39 is 12.7 Å². The Balaban J connectivity index is 0.913. The fourth-order valence-corrected chi connectivity index (χ4v) is 4.36. The summed E-state index contributed by atoms with van der Waals surface area (Å²) >= 11 is 0. The minimum absolute atomic E-state index is 0.241. The molecular formula is C30H22F6N6O5. The Morgan fingerprint density at radius 1 is 0.532 bits per heavy atom. The molecule has 17 heteroatoms. The minimum atomic E-state index is -4.79. The lowest BCUT2D eigenvalue weighted by atomic mass is 10.3. The Morgan fingerprint density at radius 3 is 1.34 bits per heavy atom. The van der Waals surface area contributed by atoms with Gasteiger partial charge in [0.05, 0.1) is 47.7 Å². The first-order valence-electron chi connectivity index (χ1n) is 13.7. The van der Waals surface area contributed by atoms with Gasteiger partial charge in [-0.25, -0.2) is 19.9 Å². The second kappa shape index (κ2) is 13.0. The van der Waals surface area contributed by atoms with Crippen LogP contribution in [0.1, 0.15) is 0 Å². The maximum atomic E-state index is 12.5. The quantitative estimate of drug-likeness (QED) is 0.107. The number of ether oxygens (including phenoxy) is 5. The van der Waals surface area contributed by atoms with Crippen molar-refractivity contribution in [3.05, 3.63) is 73.1 Å². The molecule has 2 N–H and O–H groups in total. The fourth-order valence-electron chi connectivity index (χ4n) is 4.36. The van der Waals surface area contributed by atoms with Crippen LogP contribution in [0.5, 0.6) is 23.0 Å². The van der Waals surface area contributed by atoms with E-state index in [1.807, 2.05) is 0 Å². The summed E-state index contributed by atoms with van der Waals surface area (Å²) in [6, 6.07) is 14.3. The summed E-state index contributed by atoms with van der Waals surface area (Å²) in [7, 11) is 0. The van der Waals surface area contributed by atoms with Crippen LogP contribution in [0.2, 0.25) is 0 Å². The van der Waals surface area contributed by atoms with E-state index in [1.54, 1.807) is 24.3 Å². The molecule has 0 fully saturated rings. The van der Waals surface area contributed by atoms with Gasteiger partial charge in [-0.1, -0.05) is 0 Å². The highest BCUT2D eigenvalue weighted by Gasteiger charge is 2.32. The van der Waals surface area contributed by atoms with Gasteiger partial charge in [0.1, 0.15) is 47.6 Å². The van der Waals surface area contributed by atoms with Crippen molar-refractivity contribution in [2.45, 2.75) is 12.7 Å². The number of aromatic nitrogens is 6. The lowest BCUT2D eigenvalue weighted by Crippen LogP contribution is -2.16. The van der Waals surface area contributed by atoms with Crippen molar-refractivity contribution in [3.8, 4) is 46.0 Å². The van der Waals surface area contributed by atoms with Gasteiger partial charge < -0.3 is 33.7 Å². The normalized spacial score (nSPS) is 12.0. The summed E-state index contributed by atoms with van der Waals surface area (Å²) in [5.74, 6) is 0.991. The third-order valence-electron chi connectivity index (χ3n) is 6.32. The van der Waals surface area contributed by atoms with Crippen molar-refractivity contribution >= 4 is 22.1 Å². The Bertz CT molecular complexity index is 1820. The van der Waals surface area contributed by atoms with E-state index in [0.29, 0.717) is 56.6 Å². The molecule has 0 saturated carbocycles. The number of alkyl halides is 6. The van der Waals surface area contributed by atoms with Gasteiger partial charge in [-0.05, 0) is 48.5 Å². The van der Waals surface area contributed by atoms with E-state index in [0.717, 1.165) is 0 Å². The SMILES string of the molecule is FC(F)(F)Oc1ccc2nc(-c3ccc(OCCOCCOc4ccc(-c5nc6ccc(OC(F)(F)F)cc6[nH]5)nc4)cn3)[nH]c2c1. The monoisotopic (exact) mass is 660 g/mol. The molecule has 0 aliphatic carbocycles. The first-order chi connectivity index (χ1) is 22.5. The third kappa shape index (κ3) is 8.37.